The van der Waals surface area contributed by atoms with Crippen molar-refractivity contribution in [1.29, 1.82) is 5.26 Å². The lowest BCUT2D eigenvalue weighted by molar-refractivity contribution is -0.159. The molecule has 0 atom stereocenters. The van der Waals surface area contributed by atoms with Crippen LogP contribution in [0.2, 0.25) is 0 Å². The molecule has 5 aliphatic rings. The Labute approximate surface area is 257 Å². The second kappa shape index (κ2) is 10.4. The Bertz CT molecular complexity index is 1780. The number of aromatic nitrogens is 3. The van der Waals surface area contributed by atoms with Crippen molar-refractivity contribution < 1.29 is 13.2 Å². The number of benzene rings is 1. The van der Waals surface area contributed by atoms with Gasteiger partial charge in [-0.05, 0) is 99.5 Å². The van der Waals surface area contributed by atoms with E-state index < -0.39 is 15.6 Å². The lowest BCUT2D eigenvalue weighted by atomic mass is 9.49. The van der Waals surface area contributed by atoms with Gasteiger partial charge in [0, 0.05) is 39.1 Å². The van der Waals surface area contributed by atoms with E-state index >= 15 is 0 Å². The quantitative estimate of drug-likeness (QED) is 0.405. The number of H-pyrrole nitrogens is 1. The first-order chi connectivity index (χ1) is 21.0. The van der Waals surface area contributed by atoms with Gasteiger partial charge in [-0.15, -0.1) is 0 Å². The Morgan fingerprint density at radius 1 is 1.07 bits per heavy atom. The molecule has 232 valence electrons. The molecule has 4 saturated carbocycles. The van der Waals surface area contributed by atoms with Gasteiger partial charge in [0.25, 0.3) is 5.56 Å². The first-order valence-corrected chi connectivity index (χ1v) is 17.0. The van der Waals surface area contributed by atoms with Gasteiger partial charge in [-0.2, -0.15) is 10.4 Å². The number of sulfonamides is 1. The van der Waals surface area contributed by atoms with Crippen LogP contribution in [0.5, 0.6) is 0 Å². The van der Waals surface area contributed by atoms with Crippen LogP contribution in [-0.4, -0.2) is 65.5 Å². The van der Waals surface area contributed by atoms with Crippen LogP contribution in [0.15, 0.2) is 46.2 Å². The molecule has 1 aromatic carbocycles. The van der Waals surface area contributed by atoms with Crippen molar-refractivity contribution in [1.82, 2.24) is 24.0 Å². The number of carbonyl (C=O) groups is 1. The number of anilines is 2. The number of pyridine rings is 1. The largest absolute Gasteiger partial charge is 0.342 e. The first-order valence-electron chi connectivity index (χ1n) is 15.6. The molecule has 4 bridgehead atoms. The van der Waals surface area contributed by atoms with Gasteiger partial charge in [0.2, 0.25) is 15.9 Å². The molecule has 2 aromatic heterocycles. The van der Waals surface area contributed by atoms with Crippen molar-refractivity contribution in [3.63, 3.8) is 0 Å². The lowest BCUT2D eigenvalue weighted by Gasteiger charge is -2.57. The summed E-state index contributed by atoms with van der Waals surface area (Å²) in [6.07, 6.45) is 9.88. The minimum atomic E-state index is -3.58. The highest BCUT2D eigenvalue weighted by atomic mass is 32.2. The third kappa shape index (κ3) is 4.63. The van der Waals surface area contributed by atoms with Gasteiger partial charge in [0.05, 0.1) is 33.9 Å². The average Bonchev–Trinajstić information content (AvgIpc) is 3.37. The molecule has 11 nitrogen and oxygen atoms in total. The van der Waals surface area contributed by atoms with E-state index in [0.717, 1.165) is 23.6 Å². The van der Waals surface area contributed by atoms with Gasteiger partial charge < -0.3 is 15.2 Å². The fraction of sp³-hybridized carbons (Fsp3) is 0.562. The van der Waals surface area contributed by atoms with Crippen LogP contribution in [0, 0.1) is 34.5 Å². The van der Waals surface area contributed by atoms with E-state index in [2.05, 4.69) is 16.4 Å². The molecular weight excluding hydrogens is 578 g/mol. The SMILES string of the molecule is CN(C)S(=O)(=O)c1ccc(Nc2nn(C3(CC#N)CCN(C(=O)C45CC6CC(CC(C6)C4)C5)CC3)c3cc[nH]c(=O)c23)cc1. The molecule has 5 fully saturated rings. The summed E-state index contributed by atoms with van der Waals surface area (Å²) in [7, 11) is -0.626. The normalized spacial score (nSPS) is 27.5. The lowest BCUT2D eigenvalue weighted by Crippen LogP contribution is -2.57. The number of hydrogen-bond donors (Lipinski definition) is 2. The zero-order chi connectivity index (χ0) is 30.9. The van der Waals surface area contributed by atoms with Crippen LogP contribution in [0.4, 0.5) is 11.5 Å². The molecule has 12 heteroatoms. The van der Waals surface area contributed by atoms with Gasteiger partial charge in [-0.3, -0.25) is 14.3 Å². The average molecular weight is 618 g/mol. The van der Waals surface area contributed by atoms with Crippen molar-refractivity contribution in [2.75, 3.05) is 32.5 Å². The van der Waals surface area contributed by atoms with E-state index in [1.165, 1.54) is 45.5 Å². The molecule has 44 heavy (non-hydrogen) atoms. The summed E-state index contributed by atoms with van der Waals surface area (Å²) in [6.45, 7) is 1.11. The van der Waals surface area contributed by atoms with E-state index in [1.54, 1.807) is 24.4 Å². The molecule has 0 unspecified atom stereocenters. The number of nitriles is 1. The Morgan fingerprint density at radius 3 is 2.25 bits per heavy atom. The van der Waals surface area contributed by atoms with Crippen LogP contribution in [-0.2, 0) is 20.4 Å². The monoisotopic (exact) mass is 617 g/mol. The highest BCUT2D eigenvalue weighted by Crippen LogP contribution is 2.60. The van der Waals surface area contributed by atoms with Crippen molar-refractivity contribution >= 4 is 38.3 Å². The van der Waals surface area contributed by atoms with Crippen LogP contribution in [0.25, 0.3) is 10.9 Å². The maximum Gasteiger partial charge on any atom is 0.261 e. The number of nitrogens with one attached hydrogen (secondary N) is 2. The maximum absolute atomic E-state index is 14.1. The predicted octanol–water partition coefficient (Wildman–Crippen LogP) is 4.17. The smallest absolute Gasteiger partial charge is 0.261 e. The van der Waals surface area contributed by atoms with Gasteiger partial charge >= 0.3 is 0 Å². The fourth-order valence-corrected chi connectivity index (χ4v) is 9.93. The number of nitrogens with zero attached hydrogens (tertiary/aromatic N) is 5. The summed E-state index contributed by atoms with van der Waals surface area (Å²) in [4.78, 5) is 32.1. The van der Waals surface area contributed by atoms with Crippen molar-refractivity contribution in [3.05, 3.63) is 46.9 Å². The summed E-state index contributed by atoms with van der Waals surface area (Å²) in [6, 6.07) is 10.5. The van der Waals surface area contributed by atoms with Crippen molar-refractivity contribution in [3.8, 4) is 6.07 Å². The number of aromatic amines is 1. The second-order valence-electron chi connectivity index (χ2n) is 13.8. The molecule has 0 radical (unpaired) electrons. The highest BCUT2D eigenvalue weighted by Gasteiger charge is 2.56. The van der Waals surface area contributed by atoms with Crippen LogP contribution < -0.4 is 10.9 Å². The number of amides is 1. The van der Waals surface area contributed by atoms with E-state index in [9.17, 15) is 23.3 Å². The minimum Gasteiger partial charge on any atom is -0.342 e. The number of piperidine rings is 1. The summed E-state index contributed by atoms with van der Waals surface area (Å²) in [5.41, 5.74) is -0.0110. The molecular formula is C32H39N7O4S. The first kappa shape index (κ1) is 29.0. The Morgan fingerprint density at radius 2 is 1.68 bits per heavy atom. The van der Waals surface area contributed by atoms with Crippen molar-refractivity contribution in [2.45, 2.75) is 68.2 Å². The van der Waals surface area contributed by atoms with Crippen LogP contribution in [0.3, 0.4) is 0 Å². The van der Waals surface area contributed by atoms with E-state index in [1.807, 2.05) is 9.58 Å². The Hall–Kier alpha value is -3.69. The topological polar surface area (TPSA) is 144 Å². The molecule has 4 aliphatic carbocycles. The number of hydrogen-bond acceptors (Lipinski definition) is 7. The molecule has 3 heterocycles. The minimum absolute atomic E-state index is 0.157. The van der Waals surface area contributed by atoms with Gasteiger partial charge in [0.15, 0.2) is 5.82 Å². The predicted molar refractivity (Wildman–Crippen MR) is 166 cm³/mol. The van der Waals surface area contributed by atoms with Crippen LogP contribution in [0.1, 0.15) is 57.8 Å². The standard InChI is InChI=1S/C32H39N7O4S/c1-37(2)44(42,43)25-5-3-24(4-6-25)35-28-27-26(7-12-34-29(27)40)39(36-28)32(8-11-33)9-13-38(14-10-32)30(41)31-18-21-15-22(19-31)17-23(16-21)20-31/h3-7,12,21-23H,8-10,13-20H2,1-2H3,(H,34,40)(H,35,36). The molecule has 1 aliphatic heterocycles. The highest BCUT2D eigenvalue weighted by molar-refractivity contribution is 7.89. The summed E-state index contributed by atoms with van der Waals surface area (Å²) in [5.74, 6) is 2.72. The number of likely N-dealkylation sites (tertiary alicyclic amines) is 1. The van der Waals surface area contributed by atoms with Crippen molar-refractivity contribution in [2.24, 2.45) is 23.2 Å². The molecule has 8 rings (SSSR count). The second-order valence-corrected chi connectivity index (χ2v) is 16.0. The number of rotatable bonds is 7. The number of fused-ring (bicyclic) bond motifs is 1. The third-order valence-electron chi connectivity index (χ3n) is 10.8. The molecule has 1 amide bonds. The number of carbonyl (C=O) groups excluding carboxylic acids is 1. The maximum atomic E-state index is 14.1. The van der Waals surface area contributed by atoms with E-state index in [-0.39, 0.29) is 22.3 Å². The summed E-state index contributed by atoms with van der Waals surface area (Å²) in [5, 5.41) is 18.4. The Balaban J connectivity index is 1.17. The zero-order valence-corrected chi connectivity index (χ0v) is 26.1. The Kier molecular flexibility index (Phi) is 6.90. The third-order valence-corrected chi connectivity index (χ3v) is 12.7. The van der Waals surface area contributed by atoms with Gasteiger partial charge in [0.1, 0.15) is 5.39 Å². The summed E-state index contributed by atoms with van der Waals surface area (Å²) >= 11 is 0. The van der Waals surface area contributed by atoms with Gasteiger partial charge in [-0.25, -0.2) is 12.7 Å². The van der Waals surface area contributed by atoms with E-state index in [0.29, 0.717) is 72.0 Å². The fourth-order valence-electron chi connectivity index (χ4n) is 9.03. The van der Waals surface area contributed by atoms with E-state index in [4.69, 9.17) is 5.10 Å². The van der Waals surface area contributed by atoms with Crippen LogP contribution >= 0.6 is 0 Å². The zero-order valence-electron chi connectivity index (χ0n) is 25.3. The summed E-state index contributed by atoms with van der Waals surface area (Å²) < 4.78 is 28.0. The van der Waals surface area contributed by atoms with Gasteiger partial charge in [-0.1, -0.05) is 0 Å². The molecule has 2 N–H and O–H groups in total. The molecule has 1 saturated heterocycles. The molecule has 3 aromatic rings. The molecule has 0 spiro atoms.